The van der Waals surface area contributed by atoms with Gasteiger partial charge in [0.1, 0.15) is 12.0 Å². The van der Waals surface area contributed by atoms with E-state index < -0.39 is 0 Å². The maximum atomic E-state index is 12.7. The van der Waals surface area contributed by atoms with E-state index in [1.807, 2.05) is 6.92 Å². The van der Waals surface area contributed by atoms with E-state index >= 15 is 0 Å². The summed E-state index contributed by atoms with van der Waals surface area (Å²) in [4.78, 5) is 25.0. The molecule has 0 unspecified atom stereocenters. The second-order valence-electron chi connectivity index (χ2n) is 5.51. The largest absolute Gasteiger partial charge is 0.338 e. The fourth-order valence-electron chi connectivity index (χ4n) is 2.44. The molecule has 0 saturated carbocycles. The molecule has 0 atom stereocenters. The Labute approximate surface area is 161 Å². The molecule has 1 aromatic carbocycles. The minimum atomic E-state index is -0.348. The number of rotatable bonds is 5. The summed E-state index contributed by atoms with van der Waals surface area (Å²) in [7, 11) is 0. The van der Waals surface area contributed by atoms with E-state index in [-0.39, 0.29) is 16.7 Å². The standard InChI is InChI=1S/C19H15ClN6O/c1-2-15-14(4-3-9-22-15)19(27)26-16-17(20)23-11-24-18(16)25-13-7-5-12(10-21)6-8-13/h3-9,11H,2H2,1H3,(H,26,27)(H,23,24,25). The van der Waals surface area contributed by atoms with Crippen LogP contribution in [0.4, 0.5) is 17.2 Å². The van der Waals surface area contributed by atoms with E-state index in [9.17, 15) is 4.79 Å². The number of carbonyl (C=O) groups excluding carboxylic acids is 1. The molecule has 2 heterocycles. The van der Waals surface area contributed by atoms with Gasteiger partial charge in [-0.05, 0) is 42.8 Å². The van der Waals surface area contributed by atoms with Gasteiger partial charge in [0.05, 0.1) is 22.9 Å². The Bertz CT molecular complexity index is 1010. The van der Waals surface area contributed by atoms with Crippen LogP contribution in [-0.4, -0.2) is 20.9 Å². The zero-order chi connectivity index (χ0) is 19.2. The molecule has 27 heavy (non-hydrogen) atoms. The molecule has 0 aliphatic carbocycles. The first-order valence-electron chi connectivity index (χ1n) is 8.15. The third-order valence-corrected chi connectivity index (χ3v) is 4.07. The third kappa shape index (κ3) is 4.19. The molecule has 8 heteroatoms. The number of aryl methyl sites for hydroxylation is 1. The zero-order valence-electron chi connectivity index (χ0n) is 14.4. The molecule has 1 amide bonds. The molecule has 134 valence electrons. The smallest absolute Gasteiger partial charge is 0.257 e. The van der Waals surface area contributed by atoms with Gasteiger partial charge in [-0.1, -0.05) is 18.5 Å². The van der Waals surface area contributed by atoms with Gasteiger partial charge in [-0.25, -0.2) is 9.97 Å². The van der Waals surface area contributed by atoms with Crippen LogP contribution in [0.15, 0.2) is 48.9 Å². The molecular formula is C19H15ClN6O. The Kier molecular flexibility index (Phi) is 5.59. The highest BCUT2D eigenvalue weighted by Gasteiger charge is 2.17. The number of aromatic nitrogens is 3. The zero-order valence-corrected chi connectivity index (χ0v) is 15.2. The van der Waals surface area contributed by atoms with Gasteiger partial charge in [-0.3, -0.25) is 9.78 Å². The van der Waals surface area contributed by atoms with E-state index in [1.165, 1.54) is 6.33 Å². The fraction of sp³-hybridized carbons (Fsp3) is 0.105. The summed E-state index contributed by atoms with van der Waals surface area (Å²) in [6, 6.07) is 12.3. The molecule has 0 saturated heterocycles. The number of nitriles is 1. The minimum Gasteiger partial charge on any atom is -0.338 e. The van der Waals surface area contributed by atoms with E-state index in [0.29, 0.717) is 34.7 Å². The molecular weight excluding hydrogens is 364 g/mol. The van der Waals surface area contributed by atoms with Gasteiger partial charge in [0, 0.05) is 11.9 Å². The molecule has 0 radical (unpaired) electrons. The van der Waals surface area contributed by atoms with E-state index in [0.717, 1.165) is 0 Å². The van der Waals surface area contributed by atoms with Gasteiger partial charge in [0.2, 0.25) is 0 Å². The predicted octanol–water partition coefficient (Wildman–Crippen LogP) is 3.95. The first-order valence-corrected chi connectivity index (χ1v) is 8.53. The predicted molar refractivity (Wildman–Crippen MR) is 103 cm³/mol. The molecule has 3 rings (SSSR count). The molecule has 2 N–H and O–H groups in total. The van der Waals surface area contributed by atoms with Gasteiger partial charge >= 0.3 is 0 Å². The highest BCUT2D eigenvalue weighted by molar-refractivity contribution is 6.33. The first-order chi connectivity index (χ1) is 13.1. The van der Waals surface area contributed by atoms with E-state index in [2.05, 4.69) is 31.7 Å². The summed E-state index contributed by atoms with van der Waals surface area (Å²) < 4.78 is 0. The molecule has 0 aliphatic rings. The number of nitrogens with one attached hydrogen (secondary N) is 2. The lowest BCUT2D eigenvalue weighted by Crippen LogP contribution is -2.17. The number of hydrogen-bond acceptors (Lipinski definition) is 6. The van der Waals surface area contributed by atoms with Crippen molar-refractivity contribution < 1.29 is 4.79 Å². The average Bonchev–Trinajstić information content (AvgIpc) is 2.71. The number of pyridine rings is 1. The summed E-state index contributed by atoms with van der Waals surface area (Å²) in [6.07, 6.45) is 3.57. The van der Waals surface area contributed by atoms with Crippen LogP contribution in [-0.2, 0) is 6.42 Å². The van der Waals surface area contributed by atoms with Crippen LogP contribution in [0.1, 0.15) is 28.5 Å². The van der Waals surface area contributed by atoms with Gasteiger partial charge in [-0.2, -0.15) is 5.26 Å². The Morgan fingerprint density at radius 1 is 1.19 bits per heavy atom. The monoisotopic (exact) mass is 378 g/mol. The molecule has 7 nitrogen and oxygen atoms in total. The van der Waals surface area contributed by atoms with Crippen molar-refractivity contribution in [2.24, 2.45) is 0 Å². The number of hydrogen-bond donors (Lipinski definition) is 2. The van der Waals surface area contributed by atoms with Crippen molar-refractivity contribution in [3.05, 3.63) is 70.9 Å². The van der Waals surface area contributed by atoms with Gasteiger partial charge < -0.3 is 10.6 Å². The number of nitrogens with zero attached hydrogens (tertiary/aromatic N) is 4. The molecule has 2 aromatic heterocycles. The quantitative estimate of drug-likeness (QED) is 0.651. The Morgan fingerprint density at radius 3 is 2.67 bits per heavy atom. The third-order valence-electron chi connectivity index (χ3n) is 3.79. The Hall–Kier alpha value is -3.50. The summed E-state index contributed by atoms with van der Waals surface area (Å²) in [5.41, 5.74) is 2.64. The SMILES string of the molecule is CCc1ncccc1C(=O)Nc1c(Cl)ncnc1Nc1ccc(C#N)cc1. The van der Waals surface area contributed by atoms with Crippen LogP contribution < -0.4 is 10.6 Å². The lowest BCUT2D eigenvalue weighted by molar-refractivity contribution is 0.102. The maximum absolute atomic E-state index is 12.7. The normalized spacial score (nSPS) is 10.1. The maximum Gasteiger partial charge on any atom is 0.257 e. The van der Waals surface area contributed by atoms with Crippen LogP contribution in [0, 0.1) is 11.3 Å². The van der Waals surface area contributed by atoms with Gasteiger partial charge in [0.15, 0.2) is 11.0 Å². The summed E-state index contributed by atoms with van der Waals surface area (Å²) in [5.74, 6) is -0.00507. The fourth-order valence-corrected chi connectivity index (χ4v) is 2.62. The highest BCUT2D eigenvalue weighted by atomic mass is 35.5. The van der Waals surface area contributed by atoms with Crippen molar-refractivity contribution in [3.63, 3.8) is 0 Å². The van der Waals surface area contributed by atoms with Crippen LogP contribution in [0.2, 0.25) is 5.15 Å². The minimum absolute atomic E-state index is 0.108. The summed E-state index contributed by atoms with van der Waals surface area (Å²) in [5, 5.41) is 14.8. The molecule has 0 bridgehead atoms. The second-order valence-corrected chi connectivity index (χ2v) is 5.87. The number of anilines is 3. The van der Waals surface area contributed by atoms with Gasteiger partial charge in [-0.15, -0.1) is 0 Å². The summed E-state index contributed by atoms with van der Waals surface area (Å²) in [6.45, 7) is 1.93. The average molecular weight is 379 g/mol. The molecule has 0 spiro atoms. The van der Waals surface area contributed by atoms with Crippen molar-refractivity contribution in [3.8, 4) is 6.07 Å². The van der Waals surface area contributed by atoms with Crippen molar-refractivity contribution in [2.75, 3.05) is 10.6 Å². The van der Waals surface area contributed by atoms with Crippen molar-refractivity contribution in [1.82, 2.24) is 15.0 Å². The summed E-state index contributed by atoms with van der Waals surface area (Å²) >= 11 is 6.18. The van der Waals surface area contributed by atoms with Gasteiger partial charge in [0.25, 0.3) is 5.91 Å². The lowest BCUT2D eigenvalue weighted by atomic mass is 10.1. The second kappa shape index (κ2) is 8.25. The van der Waals surface area contributed by atoms with Crippen LogP contribution in [0.25, 0.3) is 0 Å². The number of benzene rings is 1. The number of amides is 1. The van der Waals surface area contributed by atoms with Crippen molar-refractivity contribution in [2.45, 2.75) is 13.3 Å². The van der Waals surface area contributed by atoms with E-state index in [4.69, 9.17) is 16.9 Å². The van der Waals surface area contributed by atoms with Crippen LogP contribution in [0.3, 0.4) is 0 Å². The van der Waals surface area contributed by atoms with Crippen molar-refractivity contribution in [1.29, 1.82) is 5.26 Å². The van der Waals surface area contributed by atoms with Crippen LogP contribution in [0.5, 0.6) is 0 Å². The highest BCUT2D eigenvalue weighted by Crippen LogP contribution is 2.29. The number of halogens is 1. The molecule has 3 aromatic rings. The number of carbonyl (C=O) groups is 1. The van der Waals surface area contributed by atoms with Crippen molar-refractivity contribution >= 4 is 34.7 Å². The van der Waals surface area contributed by atoms with E-state index in [1.54, 1.807) is 42.6 Å². The Balaban J connectivity index is 1.89. The molecule has 0 fully saturated rings. The topological polar surface area (TPSA) is 104 Å². The molecule has 0 aliphatic heterocycles. The Morgan fingerprint density at radius 2 is 1.96 bits per heavy atom. The van der Waals surface area contributed by atoms with Crippen LogP contribution >= 0.6 is 11.6 Å². The first kappa shape index (κ1) is 18.3. The lowest BCUT2D eigenvalue weighted by Gasteiger charge is -2.14.